The molecule has 0 aromatic heterocycles. The minimum Gasteiger partial charge on any atom is -0.281 e. The van der Waals surface area contributed by atoms with Crippen LogP contribution in [0.3, 0.4) is 0 Å². The molecule has 0 unspecified atom stereocenters. The summed E-state index contributed by atoms with van der Waals surface area (Å²) < 4.78 is 0. The number of nitriles is 1. The van der Waals surface area contributed by atoms with E-state index in [4.69, 9.17) is 16.9 Å². The van der Waals surface area contributed by atoms with E-state index >= 15 is 0 Å². The monoisotopic (exact) mass is 171 g/mol. The molecule has 0 radical (unpaired) electrons. The van der Waals surface area contributed by atoms with Gasteiger partial charge in [0, 0.05) is 0 Å². The Hall–Kier alpha value is -0.550. The summed E-state index contributed by atoms with van der Waals surface area (Å²) in [5.74, 6) is -0.459. The van der Waals surface area contributed by atoms with Gasteiger partial charge in [-0.2, -0.15) is 5.26 Å². The summed E-state index contributed by atoms with van der Waals surface area (Å²) in [5, 5.41) is 8.37. The molecular weight excluding hydrogens is 162 g/mol. The smallest absolute Gasteiger partial charge is 0.252 e. The van der Waals surface area contributed by atoms with Crippen LogP contribution in [-0.2, 0) is 4.79 Å². The van der Waals surface area contributed by atoms with Crippen LogP contribution in [0, 0.1) is 11.3 Å². The second-order valence-electron chi connectivity index (χ2n) is 2.97. The standard InChI is InChI=1S/C8H10ClNO/c9-8(7(11)6-10)4-2-1-3-5-8/h1-5H2. The van der Waals surface area contributed by atoms with Crippen LogP contribution in [0.25, 0.3) is 0 Å². The quantitative estimate of drug-likeness (QED) is 0.448. The van der Waals surface area contributed by atoms with Gasteiger partial charge in [-0.1, -0.05) is 19.3 Å². The van der Waals surface area contributed by atoms with Crippen molar-refractivity contribution >= 4 is 17.4 Å². The first-order valence-corrected chi connectivity index (χ1v) is 4.20. The highest BCUT2D eigenvalue weighted by atomic mass is 35.5. The summed E-state index contributed by atoms with van der Waals surface area (Å²) in [6.45, 7) is 0. The van der Waals surface area contributed by atoms with Crippen molar-refractivity contribution in [2.45, 2.75) is 37.0 Å². The molecule has 1 fully saturated rings. The van der Waals surface area contributed by atoms with Gasteiger partial charge in [0.05, 0.1) is 0 Å². The number of ketones is 1. The molecule has 0 spiro atoms. The average Bonchev–Trinajstić information content (AvgIpc) is 2.04. The third kappa shape index (κ3) is 1.72. The van der Waals surface area contributed by atoms with Gasteiger partial charge in [-0.05, 0) is 12.8 Å². The van der Waals surface area contributed by atoms with Crippen molar-refractivity contribution in [3.8, 4) is 6.07 Å². The third-order valence-corrected chi connectivity index (χ3v) is 2.70. The van der Waals surface area contributed by atoms with Crippen molar-refractivity contribution in [3.05, 3.63) is 0 Å². The largest absolute Gasteiger partial charge is 0.281 e. The minimum atomic E-state index is -0.840. The molecule has 11 heavy (non-hydrogen) atoms. The highest BCUT2D eigenvalue weighted by Gasteiger charge is 2.36. The summed E-state index contributed by atoms with van der Waals surface area (Å²) >= 11 is 5.95. The number of alkyl halides is 1. The molecule has 1 aliphatic carbocycles. The predicted molar refractivity (Wildman–Crippen MR) is 42.3 cm³/mol. The second kappa shape index (κ2) is 3.23. The number of carbonyl (C=O) groups is 1. The zero-order valence-corrected chi connectivity index (χ0v) is 7.02. The van der Waals surface area contributed by atoms with Crippen molar-refractivity contribution in [1.82, 2.24) is 0 Å². The predicted octanol–water partition coefficient (Wildman–Crippen LogP) is 2.02. The van der Waals surface area contributed by atoms with Gasteiger partial charge < -0.3 is 0 Å². The highest BCUT2D eigenvalue weighted by Crippen LogP contribution is 2.34. The fraction of sp³-hybridized carbons (Fsp3) is 0.750. The lowest BCUT2D eigenvalue weighted by atomic mass is 9.86. The Kier molecular flexibility index (Phi) is 2.51. The maximum absolute atomic E-state index is 11.0. The first kappa shape index (κ1) is 8.55. The lowest BCUT2D eigenvalue weighted by Gasteiger charge is -2.26. The van der Waals surface area contributed by atoms with E-state index in [9.17, 15) is 4.79 Å². The Morgan fingerprint density at radius 1 is 1.36 bits per heavy atom. The van der Waals surface area contributed by atoms with Crippen LogP contribution < -0.4 is 0 Å². The van der Waals surface area contributed by atoms with E-state index in [2.05, 4.69) is 0 Å². The molecule has 2 nitrogen and oxygen atoms in total. The Labute approximate surface area is 71.1 Å². The fourth-order valence-electron chi connectivity index (χ4n) is 1.44. The molecule has 0 aromatic carbocycles. The van der Waals surface area contributed by atoms with Crippen molar-refractivity contribution in [3.63, 3.8) is 0 Å². The molecule has 1 saturated carbocycles. The molecule has 0 bridgehead atoms. The molecule has 1 rings (SSSR count). The van der Waals surface area contributed by atoms with E-state index < -0.39 is 10.7 Å². The number of Topliss-reactive ketones (excluding diaryl/α,β-unsaturated/α-hetero) is 1. The van der Waals surface area contributed by atoms with Crippen molar-refractivity contribution in [2.75, 3.05) is 0 Å². The van der Waals surface area contributed by atoms with Crippen LogP contribution in [0.2, 0.25) is 0 Å². The van der Waals surface area contributed by atoms with Crippen molar-refractivity contribution < 1.29 is 4.79 Å². The van der Waals surface area contributed by atoms with Crippen LogP contribution in [0.15, 0.2) is 0 Å². The van der Waals surface area contributed by atoms with Gasteiger partial charge in [0.1, 0.15) is 10.9 Å². The lowest BCUT2D eigenvalue weighted by Crippen LogP contribution is -2.33. The molecule has 0 atom stereocenters. The Balaban J connectivity index is 2.65. The average molecular weight is 172 g/mol. The normalized spacial score (nSPS) is 22.2. The van der Waals surface area contributed by atoms with Gasteiger partial charge in [-0.15, -0.1) is 11.6 Å². The number of rotatable bonds is 1. The minimum absolute atomic E-state index is 0.459. The summed E-state index contributed by atoms with van der Waals surface area (Å²) in [7, 11) is 0. The highest BCUT2D eigenvalue weighted by molar-refractivity contribution is 6.37. The Bertz CT molecular complexity index is 201. The molecule has 0 heterocycles. The fourth-order valence-corrected chi connectivity index (χ4v) is 1.75. The summed E-state index contributed by atoms with van der Waals surface area (Å²) in [6, 6.07) is 1.60. The first-order valence-electron chi connectivity index (χ1n) is 3.82. The van der Waals surface area contributed by atoms with Crippen LogP contribution in [0.5, 0.6) is 0 Å². The molecule has 60 valence electrons. The molecule has 3 heteroatoms. The van der Waals surface area contributed by atoms with Gasteiger partial charge in [-0.3, -0.25) is 4.79 Å². The lowest BCUT2D eigenvalue weighted by molar-refractivity contribution is -0.117. The van der Waals surface area contributed by atoms with E-state index in [1.807, 2.05) is 0 Å². The molecule has 0 saturated heterocycles. The molecule has 1 aliphatic rings. The maximum Gasteiger partial charge on any atom is 0.252 e. The van der Waals surface area contributed by atoms with E-state index in [1.165, 1.54) is 0 Å². The zero-order chi connectivity index (χ0) is 8.32. The summed E-state index contributed by atoms with van der Waals surface area (Å²) in [6.07, 6.45) is 4.41. The van der Waals surface area contributed by atoms with E-state index in [0.29, 0.717) is 12.8 Å². The van der Waals surface area contributed by atoms with Crippen molar-refractivity contribution in [1.29, 1.82) is 5.26 Å². The molecule has 0 aliphatic heterocycles. The van der Waals surface area contributed by atoms with Gasteiger partial charge in [-0.25, -0.2) is 0 Å². The Morgan fingerprint density at radius 2 is 1.91 bits per heavy atom. The number of nitrogens with zero attached hydrogens (tertiary/aromatic N) is 1. The van der Waals surface area contributed by atoms with Crippen LogP contribution in [-0.4, -0.2) is 10.7 Å². The van der Waals surface area contributed by atoms with Crippen molar-refractivity contribution in [2.24, 2.45) is 0 Å². The summed E-state index contributed by atoms with van der Waals surface area (Å²) in [4.78, 5) is 10.2. The number of carbonyl (C=O) groups excluding carboxylic acids is 1. The first-order chi connectivity index (χ1) is 5.19. The topological polar surface area (TPSA) is 40.9 Å². The number of hydrogen-bond donors (Lipinski definition) is 0. The SMILES string of the molecule is N#CC(=O)C1(Cl)CCCCC1. The third-order valence-electron chi connectivity index (χ3n) is 2.15. The van der Waals surface area contributed by atoms with Gasteiger partial charge >= 0.3 is 0 Å². The van der Waals surface area contributed by atoms with E-state index in [1.54, 1.807) is 6.07 Å². The zero-order valence-electron chi connectivity index (χ0n) is 6.27. The Morgan fingerprint density at radius 3 is 2.36 bits per heavy atom. The van der Waals surface area contributed by atoms with Gasteiger partial charge in [0.15, 0.2) is 0 Å². The number of halogens is 1. The molecule has 0 amide bonds. The number of hydrogen-bond acceptors (Lipinski definition) is 2. The van der Waals surface area contributed by atoms with Crippen LogP contribution in [0.1, 0.15) is 32.1 Å². The second-order valence-corrected chi connectivity index (χ2v) is 3.69. The maximum atomic E-state index is 11.0. The van der Waals surface area contributed by atoms with E-state index in [0.717, 1.165) is 19.3 Å². The summed E-state index contributed by atoms with van der Waals surface area (Å²) in [5.41, 5.74) is 0. The van der Waals surface area contributed by atoms with E-state index in [-0.39, 0.29) is 0 Å². The molecule has 0 aromatic rings. The molecule has 0 N–H and O–H groups in total. The van der Waals surface area contributed by atoms with Crippen LogP contribution in [0.4, 0.5) is 0 Å². The van der Waals surface area contributed by atoms with Gasteiger partial charge in [0.2, 0.25) is 0 Å². The van der Waals surface area contributed by atoms with Gasteiger partial charge in [0.25, 0.3) is 5.78 Å². The van der Waals surface area contributed by atoms with Crippen LogP contribution >= 0.6 is 11.6 Å². The molecular formula is C8H10ClNO.